The van der Waals surface area contributed by atoms with Gasteiger partial charge in [0.05, 0.1) is 0 Å². The van der Waals surface area contributed by atoms with Crippen molar-refractivity contribution in [2.24, 2.45) is 22.4 Å². The number of rotatable bonds is 9. The number of likely N-dealkylation sites (tertiary alicyclic amines) is 1. The maximum atomic E-state index is 11.8. The Labute approximate surface area is 122 Å². The van der Waals surface area contributed by atoms with Gasteiger partial charge in [-0.2, -0.15) is 0 Å². The van der Waals surface area contributed by atoms with Gasteiger partial charge in [-0.05, 0) is 58.2 Å². The van der Waals surface area contributed by atoms with Crippen LogP contribution in [0.3, 0.4) is 0 Å². The molecule has 0 atom stereocenters. The quantitative estimate of drug-likeness (QED) is 0.381. The van der Waals surface area contributed by atoms with Crippen molar-refractivity contribution in [3.8, 4) is 0 Å². The van der Waals surface area contributed by atoms with E-state index in [0.717, 1.165) is 38.0 Å². The number of nitrogens with two attached hydrogens (primary N) is 2. The number of hydrogen-bond donors (Lipinski definition) is 2. The van der Waals surface area contributed by atoms with Crippen molar-refractivity contribution in [1.82, 2.24) is 4.90 Å². The van der Waals surface area contributed by atoms with E-state index in [2.05, 4.69) is 16.9 Å². The van der Waals surface area contributed by atoms with Gasteiger partial charge in [0.2, 0.25) is 0 Å². The maximum absolute atomic E-state index is 11.8. The lowest BCUT2D eigenvalue weighted by Gasteiger charge is -2.28. The molecular weight excluding hydrogens is 252 g/mol. The van der Waals surface area contributed by atoms with E-state index in [0.29, 0.717) is 18.7 Å². The summed E-state index contributed by atoms with van der Waals surface area (Å²) in [6, 6.07) is 0. The minimum absolute atomic E-state index is 0.152. The molecule has 4 N–H and O–H groups in total. The lowest BCUT2D eigenvalue weighted by molar-refractivity contribution is -0.119. The van der Waals surface area contributed by atoms with E-state index < -0.39 is 0 Å². The summed E-state index contributed by atoms with van der Waals surface area (Å²) in [6.45, 7) is 3.04. The predicted octanol–water partition coefficient (Wildman–Crippen LogP) is 1.51. The zero-order valence-corrected chi connectivity index (χ0v) is 12.8. The molecule has 20 heavy (non-hydrogen) atoms. The first-order valence-electron chi connectivity index (χ1n) is 7.83. The van der Waals surface area contributed by atoms with Gasteiger partial charge in [0.25, 0.3) is 0 Å². The van der Waals surface area contributed by atoms with Crippen molar-refractivity contribution in [2.45, 2.75) is 51.4 Å². The average Bonchev–Trinajstić information content (AvgIpc) is 2.41. The molecule has 0 aromatic heterocycles. The van der Waals surface area contributed by atoms with E-state index >= 15 is 0 Å². The monoisotopic (exact) mass is 282 g/mol. The molecule has 5 heteroatoms. The second-order valence-corrected chi connectivity index (χ2v) is 5.94. The van der Waals surface area contributed by atoms with E-state index in [1.165, 1.54) is 25.9 Å². The van der Waals surface area contributed by atoms with E-state index in [4.69, 9.17) is 11.5 Å². The molecule has 0 aromatic carbocycles. The average molecular weight is 282 g/mol. The number of guanidine groups is 1. The third-order valence-electron chi connectivity index (χ3n) is 4.08. The van der Waals surface area contributed by atoms with Crippen molar-refractivity contribution >= 4 is 11.7 Å². The molecule has 0 radical (unpaired) electrons. The molecule has 116 valence electrons. The Hall–Kier alpha value is -1.10. The van der Waals surface area contributed by atoms with Gasteiger partial charge in [-0.15, -0.1) is 0 Å². The van der Waals surface area contributed by atoms with Crippen LogP contribution in [0, 0.1) is 5.92 Å². The number of ketones is 1. The van der Waals surface area contributed by atoms with Crippen LogP contribution in [0.25, 0.3) is 0 Å². The summed E-state index contributed by atoms with van der Waals surface area (Å²) >= 11 is 0. The predicted molar refractivity (Wildman–Crippen MR) is 83.6 cm³/mol. The lowest BCUT2D eigenvalue weighted by atomic mass is 9.91. The number of piperidine rings is 1. The molecule has 0 unspecified atom stereocenters. The van der Waals surface area contributed by atoms with Gasteiger partial charge in [-0.25, -0.2) is 0 Å². The Morgan fingerprint density at radius 1 is 1.15 bits per heavy atom. The van der Waals surface area contributed by atoms with Gasteiger partial charge in [-0.1, -0.05) is 6.42 Å². The maximum Gasteiger partial charge on any atom is 0.185 e. The molecule has 1 heterocycles. The third-order valence-corrected chi connectivity index (χ3v) is 4.08. The highest BCUT2D eigenvalue weighted by Crippen LogP contribution is 2.21. The lowest BCUT2D eigenvalue weighted by Crippen LogP contribution is -2.30. The number of nitrogens with zero attached hydrogens (tertiary/aromatic N) is 2. The molecule has 5 nitrogen and oxygen atoms in total. The van der Waals surface area contributed by atoms with Crippen LogP contribution in [0.2, 0.25) is 0 Å². The fourth-order valence-electron chi connectivity index (χ4n) is 2.66. The Bertz CT molecular complexity index is 305. The number of carbonyl (C=O) groups is 1. The van der Waals surface area contributed by atoms with Gasteiger partial charge in [0, 0.05) is 19.4 Å². The number of aliphatic imine (C=N–C) groups is 1. The SMILES string of the molecule is CN1CCC(CCC(=O)CCCCCN=C(N)N)CC1. The topological polar surface area (TPSA) is 84.7 Å². The number of Topliss-reactive ketones (excluding diaryl/α,β-unsaturated/α-hetero) is 1. The van der Waals surface area contributed by atoms with Crippen LogP contribution >= 0.6 is 0 Å². The minimum Gasteiger partial charge on any atom is -0.370 e. The largest absolute Gasteiger partial charge is 0.370 e. The van der Waals surface area contributed by atoms with Crippen molar-refractivity contribution in [2.75, 3.05) is 26.7 Å². The first kappa shape index (κ1) is 17.0. The fraction of sp³-hybridized carbons (Fsp3) is 0.867. The van der Waals surface area contributed by atoms with Gasteiger partial charge >= 0.3 is 0 Å². The molecule has 1 aliphatic heterocycles. The number of unbranched alkanes of at least 4 members (excludes halogenated alkanes) is 2. The van der Waals surface area contributed by atoms with E-state index in [1.54, 1.807) is 0 Å². The Balaban J connectivity index is 1.96. The molecule has 0 saturated carbocycles. The normalized spacial score (nSPS) is 17.1. The van der Waals surface area contributed by atoms with Crippen LogP contribution in [0.4, 0.5) is 0 Å². The summed E-state index contributed by atoms with van der Waals surface area (Å²) in [7, 11) is 2.17. The highest BCUT2D eigenvalue weighted by Gasteiger charge is 2.17. The molecule has 0 bridgehead atoms. The molecule has 1 fully saturated rings. The standard InChI is InChI=1S/C15H30N4O/c1-19-11-8-13(9-12-19)6-7-14(20)5-3-2-4-10-18-15(16)17/h13H,2-12H2,1H3,(H4,16,17,18). The first-order valence-corrected chi connectivity index (χ1v) is 7.83. The van der Waals surface area contributed by atoms with Crippen LogP contribution in [0.1, 0.15) is 51.4 Å². The smallest absolute Gasteiger partial charge is 0.185 e. The van der Waals surface area contributed by atoms with E-state index in [1.807, 2.05) is 0 Å². The zero-order chi connectivity index (χ0) is 14.8. The van der Waals surface area contributed by atoms with Crippen LogP contribution in [-0.2, 0) is 4.79 Å². The summed E-state index contributed by atoms with van der Waals surface area (Å²) in [5, 5.41) is 0. The van der Waals surface area contributed by atoms with E-state index in [9.17, 15) is 4.79 Å². The number of hydrogen-bond acceptors (Lipinski definition) is 3. The molecule has 0 spiro atoms. The Morgan fingerprint density at radius 3 is 2.50 bits per heavy atom. The van der Waals surface area contributed by atoms with Crippen molar-refractivity contribution in [1.29, 1.82) is 0 Å². The first-order chi connectivity index (χ1) is 9.58. The zero-order valence-electron chi connectivity index (χ0n) is 12.8. The van der Waals surface area contributed by atoms with Crippen LogP contribution in [-0.4, -0.2) is 43.3 Å². The minimum atomic E-state index is 0.152. The molecular formula is C15H30N4O. The van der Waals surface area contributed by atoms with Crippen molar-refractivity contribution in [3.63, 3.8) is 0 Å². The second kappa shape index (κ2) is 9.75. The fourth-order valence-corrected chi connectivity index (χ4v) is 2.66. The van der Waals surface area contributed by atoms with Crippen LogP contribution < -0.4 is 11.5 Å². The molecule has 1 rings (SSSR count). The van der Waals surface area contributed by atoms with E-state index in [-0.39, 0.29) is 5.96 Å². The summed E-state index contributed by atoms with van der Waals surface area (Å²) in [6.07, 6.45) is 8.02. The van der Waals surface area contributed by atoms with Gasteiger partial charge in [-0.3, -0.25) is 9.79 Å². The van der Waals surface area contributed by atoms with Crippen LogP contribution in [0.15, 0.2) is 4.99 Å². The number of carbonyl (C=O) groups excluding carboxylic acids is 1. The Kier molecular flexibility index (Phi) is 8.26. The summed E-state index contributed by atoms with van der Waals surface area (Å²) < 4.78 is 0. The van der Waals surface area contributed by atoms with Gasteiger partial charge < -0.3 is 16.4 Å². The van der Waals surface area contributed by atoms with Gasteiger partial charge in [0.15, 0.2) is 5.96 Å². The molecule has 0 aliphatic carbocycles. The molecule has 1 saturated heterocycles. The highest BCUT2D eigenvalue weighted by molar-refractivity contribution is 5.78. The molecule has 1 aliphatic rings. The summed E-state index contributed by atoms with van der Waals surface area (Å²) in [4.78, 5) is 18.1. The molecule has 0 amide bonds. The summed E-state index contributed by atoms with van der Waals surface area (Å²) in [5.74, 6) is 1.34. The van der Waals surface area contributed by atoms with Crippen LogP contribution in [0.5, 0.6) is 0 Å². The van der Waals surface area contributed by atoms with Gasteiger partial charge in [0.1, 0.15) is 5.78 Å². The Morgan fingerprint density at radius 2 is 1.85 bits per heavy atom. The third kappa shape index (κ3) is 8.15. The summed E-state index contributed by atoms with van der Waals surface area (Å²) in [5.41, 5.74) is 10.5. The van der Waals surface area contributed by atoms with Crippen molar-refractivity contribution in [3.05, 3.63) is 0 Å². The highest BCUT2D eigenvalue weighted by atomic mass is 16.1. The van der Waals surface area contributed by atoms with Crippen molar-refractivity contribution < 1.29 is 4.79 Å². The molecule has 0 aromatic rings. The second-order valence-electron chi connectivity index (χ2n) is 5.94.